The standard InChI is InChI=1S/C17H13N2O/c1-2-8-15(9-3-1)19-12-20-17-11-14-7-5-4-6-13(14)10-16(17)18-19/h1-11H,12H2/q+1. The van der Waals surface area contributed by atoms with Gasteiger partial charge in [-0.05, 0) is 27.6 Å². The zero-order valence-electron chi connectivity index (χ0n) is 10.9. The predicted molar refractivity (Wildman–Crippen MR) is 77.9 cm³/mol. The number of para-hydroxylation sites is 1. The van der Waals surface area contributed by atoms with Crippen LogP contribution >= 0.6 is 0 Å². The molecule has 4 rings (SSSR count). The Morgan fingerprint density at radius 2 is 1.55 bits per heavy atom. The molecule has 0 radical (unpaired) electrons. The summed E-state index contributed by atoms with van der Waals surface area (Å²) < 4.78 is 7.70. The summed E-state index contributed by atoms with van der Waals surface area (Å²) in [5.41, 5.74) is 1.91. The molecule has 3 nitrogen and oxygen atoms in total. The zero-order valence-corrected chi connectivity index (χ0v) is 10.9. The van der Waals surface area contributed by atoms with Crippen molar-refractivity contribution in [1.29, 1.82) is 0 Å². The van der Waals surface area contributed by atoms with Gasteiger partial charge in [0.25, 0.3) is 0 Å². The fraction of sp³-hybridized carbons (Fsp3) is 0.0588. The van der Waals surface area contributed by atoms with Crippen LogP contribution in [0.5, 0.6) is 5.75 Å². The Morgan fingerprint density at radius 1 is 0.850 bits per heavy atom. The molecular formula is C17H13N2O+. The number of hydrogen-bond acceptors (Lipinski definition) is 2. The molecule has 3 aromatic carbocycles. The molecule has 3 heteroatoms. The zero-order chi connectivity index (χ0) is 13.4. The first-order chi connectivity index (χ1) is 9.90. The Labute approximate surface area is 116 Å². The highest BCUT2D eigenvalue weighted by atomic mass is 16.5. The first kappa shape index (κ1) is 11.2. The maximum absolute atomic E-state index is 5.83. The van der Waals surface area contributed by atoms with E-state index in [1.54, 1.807) is 0 Å². The third kappa shape index (κ3) is 1.84. The van der Waals surface area contributed by atoms with Crippen LogP contribution in [0.15, 0.2) is 71.8 Å². The largest absolute Gasteiger partial charge is 0.431 e. The maximum atomic E-state index is 5.83. The van der Waals surface area contributed by atoms with Crippen molar-refractivity contribution in [1.82, 2.24) is 0 Å². The molecule has 0 bridgehead atoms. The van der Waals surface area contributed by atoms with Crippen molar-refractivity contribution in [2.24, 2.45) is 5.11 Å². The van der Waals surface area contributed by atoms with E-state index in [2.05, 4.69) is 29.4 Å². The van der Waals surface area contributed by atoms with Gasteiger partial charge in [-0.3, -0.25) is 0 Å². The van der Waals surface area contributed by atoms with E-state index in [4.69, 9.17) is 4.74 Å². The summed E-state index contributed by atoms with van der Waals surface area (Å²) in [6, 6.07) is 22.4. The van der Waals surface area contributed by atoms with Gasteiger partial charge in [-0.2, -0.15) is 0 Å². The van der Waals surface area contributed by atoms with Crippen LogP contribution in [0.1, 0.15) is 0 Å². The summed E-state index contributed by atoms with van der Waals surface area (Å²) in [6.45, 7) is 0.440. The number of nitrogens with zero attached hydrogens (tertiary/aromatic N) is 2. The molecule has 0 atom stereocenters. The summed E-state index contributed by atoms with van der Waals surface area (Å²) in [7, 11) is 0. The third-order valence-electron chi connectivity index (χ3n) is 3.45. The van der Waals surface area contributed by atoms with E-state index in [9.17, 15) is 0 Å². The molecule has 0 amide bonds. The molecule has 96 valence electrons. The lowest BCUT2D eigenvalue weighted by Gasteiger charge is -2.12. The summed E-state index contributed by atoms with van der Waals surface area (Å²) in [6.07, 6.45) is 0. The van der Waals surface area contributed by atoms with Gasteiger partial charge in [-0.25, -0.2) is 0 Å². The summed E-state index contributed by atoms with van der Waals surface area (Å²) in [4.78, 5) is 0. The Bertz CT molecular complexity index is 810. The molecular weight excluding hydrogens is 248 g/mol. The number of azo groups is 2. The lowest BCUT2D eigenvalue weighted by molar-refractivity contribution is -0.544. The van der Waals surface area contributed by atoms with Crippen LogP contribution in [-0.2, 0) is 0 Å². The van der Waals surface area contributed by atoms with Gasteiger partial charge in [0.15, 0.2) is 11.4 Å². The van der Waals surface area contributed by atoms with Gasteiger partial charge >= 0.3 is 6.73 Å². The molecule has 3 aromatic rings. The van der Waals surface area contributed by atoms with E-state index >= 15 is 0 Å². The normalized spacial score (nSPS) is 13.5. The Morgan fingerprint density at radius 3 is 2.35 bits per heavy atom. The van der Waals surface area contributed by atoms with Crippen molar-refractivity contribution < 1.29 is 9.43 Å². The Kier molecular flexibility index (Phi) is 2.49. The molecule has 1 aliphatic rings. The van der Waals surface area contributed by atoms with Gasteiger partial charge in [0.1, 0.15) is 0 Å². The van der Waals surface area contributed by atoms with Crippen LogP contribution in [-0.4, -0.2) is 11.4 Å². The third-order valence-corrected chi connectivity index (χ3v) is 3.45. The van der Waals surface area contributed by atoms with Gasteiger partial charge in [0.05, 0.1) is 0 Å². The highest BCUT2D eigenvalue weighted by Gasteiger charge is 2.21. The van der Waals surface area contributed by atoms with Crippen LogP contribution in [0.2, 0.25) is 0 Å². The number of benzene rings is 3. The first-order valence-electron chi connectivity index (χ1n) is 6.60. The van der Waals surface area contributed by atoms with Crippen LogP contribution in [0.4, 0.5) is 11.4 Å². The van der Waals surface area contributed by atoms with E-state index in [1.165, 1.54) is 10.8 Å². The molecule has 1 aliphatic heterocycles. The fourth-order valence-electron chi connectivity index (χ4n) is 2.42. The SMILES string of the molecule is c1ccc([N+]2=Nc3cc4ccccc4cc3OC2)cc1. The molecule has 1 heterocycles. The van der Waals surface area contributed by atoms with Crippen LogP contribution in [0.25, 0.3) is 10.8 Å². The smallest absolute Gasteiger partial charge is 0.317 e. The van der Waals surface area contributed by atoms with Gasteiger partial charge < -0.3 is 4.74 Å². The predicted octanol–water partition coefficient (Wildman–Crippen LogP) is 4.62. The van der Waals surface area contributed by atoms with Crippen LogP contribution in [0.3, 0.4) is 0 Å². The highest BCUT2D eigenvalue weighted by molar-refractivity contribution is 5.87. The van der Waals surface area contributed by atoms with E-state index in [1.807, 2.05) is 47.2 Å². The Hall–Kier alpha value is -2.68. The molecule has 0 spiro atoms. The lowest BCUT2D eigenvalue weighted by atomic mass is 10.1. The number of ether oxygens (including phenoxy) is 1. The molecule has 0 aromatic heterocycles. The minimum atomic E-state index is 0.440. The second-order valence-corrected chi connectivity index (χ2v) is 4.78. The second kappa shape index (κ2) is 4.46. The van der Waals surface area contributed by atoms with E-state index < -0.39 is 0 Å². The van der Waals surface area contributed by atoms with Crippen molar-refractivity contribution in [3.05, 3.63) is 66.7 Å². The van der Waals surface area contributed by atoms with E-state index in [0.717, 1.165) is 17.1 Å². The molecule has 0 fully saturated rings. The average molecular weight is 261 g/mol. The van der Waals surface area contributed by atoms with Crippen LogP contribution < -0.4 is 4.74 Å². The molecule has 0 unspecified atom stereocenters. The van der Waals surface area contributed by atoms with Gasteiger partial charge in [-0.1, -0.05) is 42.5 Å². The number of rotatable bonds is 1. The summed E-state index contributed by atoms with van der Waals surface area (Å²) in [5, 5.41) is 7.02. The molecule has 0 aliphatic carbocycles. The number of hydrogen-bond donors (Lipinski definition) is 0. The minimum Gasteiger partial charge on any atom is -0.431 e. The average Bonchev–Trinajstić information content (AvgIpc) is 2.53. The summed E-state index contributed by atoms with van der Waals surface area (Å²) >= 11 is 0. The topological polar surface area (TPSA) is 24.6 Å². The maximum Gasteiger partial charge on any atom is 0.317 e. The monoisotopic (exact) mass is 261 g/mol. The molecule has 0 saturated heterocycles. The minimum absolute atomic E-state index is 0.440. The lowest BCUT2D eigenvalue weighted by Crippen LogP contribution is -2.14. The van der Waals surface area contributed by atoms with Gasteiger partial charge in [-0.15, -0.1) is 0 Å². The fourth-order valence-corrected chi connectivity index (χ4v) is 2.42. The van der Waals surface area contributed by atoms with Crippen LogP contribution in [0, 0.1) is 0 Å². The number of fused-ring (bicyclic) bond motifs is 2. The first-order valence-corrected chi connectivity index (χ1v) is 6.60. The molecule has 0 saturated carbocycles. The Balaban J connectivity index is 1.86. The second-order valence-electron chi connectivity index (χ2n) is 4.78. The van der Waals surface area contributed by atoms with E-state index in [-0.39, 0.29) is 0 Å². The van der Waals surface area contributed by atoms with Crippen molar-refractivity contribution >= 4 is 22.1 Å². The van der Waals surface area contributed by atoms with Crippen molar-refractivity contribution in [3.8, 4) is 5.75 Å². The van der Waals surface area contributed by atoms with E-state index in [0.29, 0.717) is 6.73 Å². The van der Waals surface area contributed by atoms with Gasteiger partial charge in [0.2, 0.25) is 5.69 Å². The quantitative estimate of drug-likeness (QED) is 0.587. The van der Waals surface area contributed by atoms with Crippen molar-refractivity contribution in [2.45, 2.75) is 0 Å². The molecule has 0 N–H and O–H groups in total. The molecule has 20 heavy (non-hydrogen) atoms. The van der Waals surface area contributed by atoms with Crippen molar-refractivity contribution in [3.63, 3.8) is 0 Å². The van der Waals surface area contributed by atoms with Gasteiger partial charge in [0, 0.05) is 17.2 Å². The van der Waals surface area contributed by atoms with Crippen molar-refractivity contribution in [2.75, 3.05) is 6.73 Å². The summed E-state index contributed by atoms with van der Waals surface area (Å²) in [5.74, 6) is 0.843. The highest BCUT2D eigenvalue weighted by Crippen LogP contribution is 2.36.